The zero-order valence-corrected chi connectivity index (χ0v) is 13.3. The highest BCUT2D eigenvalue weighted by Crippen LogP contribution is 2.38. The Morgan fingerprint density at radius 2 is 2.26 bits per heavy atom. The number of hydrogen-bond donors (Lipinski definition) is 1. The van der Waals surface area contributed by atoms with E-state index in [-0.39, 0.29) is 23.8 Å². The molecule has 2 aliphatic rings. The third-order valence-corrected chi connectivity index (χ3v) is 3.92. The number of nitrogens with one attached hydrogen (secondary N) is 1. The van der Waals surface area contributed by atoms with Crippen molar-refractivity contribution in [1.29, 1.82) is 0 Å². The van der Waals surface area contributed by atoms with E-state index < -0.39 is 6.16 Å². The van der Waals surface area contributed by atoms with Crippen LogP contribution in [-0.2, 0) is 9.53 Å². The van der Waals surface area contributed by atoms with Gasteiger partial charge in [0.05, 0.1) is 18.3 Å². The predicted octanol–water partition coefficient (Wildman–Crippen LogP) is 3.15. The Balaban J connectivity index is 1.67. The van der Waals surface area contributed by atoms with Gasteiger partial charge in [0.1, 0.15) is 23.4 Å². The number of benzene rings is 1. The molecule has 0 spiro atoms. The fourth-order valence-corrected chi connectivity index (χ4v) is 2.77. The first kappa shape index (κ1) is 15.6. The van der Waals surface area contributed by atoms with Crippen molar-refractivity contribution in [3.05, 3.63) is 18.2 Å². The normalized spacial score (nSPS) is 22.5. The Labute approximate surface area is 135 Å². The molecule has 2 unspecified atom stereocenters. The average molecular weight is 319 g/mol. The molecule has 1 fully saturated rings. The number of hydrogen-bond acceptors (Lipinski definition) is 6. The minimum absolute atomic E-state index is 0.156. The number of ketones is 1. The van der Waals surface area contributed by atoms with Gasteiger partial charge in [-0.2, -0.15) is 0 Å². The molecule has 3 rings (SSSR count). The minimum Gasteiger partial charge on any atom is -0.486 e. The topological polar surface area (TPSA) is 73.9 Å². The lowest BCUT2D eigenvalue weighted by Crippen LogP contribution is -2.45. The number of rotatable bonds is 3. The van der Waals surface area contributed by atoms with Crippen LogP contribution in [0, 0.1) is 5.92 Å². The van der Waals surface area contributed by atoms with Gasteiger partial charge in [-0.3, -0.25) is 4.79 Å². The van der Waals surface area contributed by atoms with Crippen LogP contribution < -0.4 is 14.8 Å². The molecule has 0 amide bonds. The van der Waals surface area contributed by atoms with Crippen molar-refractivity contribution in [2.75, 3.05) is 11.9 Å². The Morgan fingerprint density at radius 3 is 3.04 bits per heavy atom. The molecule has 1 aromatic carbocycles. The van der Waals surface area contributed by atoms with Gasteiger partial charge in [-0.25, -0.2) is 4.79 Å². The van der Waals surface area contributed by atoms with Gasteiger partial charge in [0.15, 0.2) is 0 Å². The summed E-state index contributed by atoms with van der Waals surface area (Å²) in [6.45, 7) is 4.22. The minimum atomic E-state index is -0.729. The van der Waals surface area contributed by atoms with Gasteiger partial charge in [-0.1, -0.05) is 13.8 Å². The number of carbonyl (C=O) groups excluding carboxylic acids is 2. The summed E-state index contributed by atoms with van der Waals surface area (Å²) in [7, 11) is 0. The highest BCUT2D eigenvalue weighted by Gasteiger charge is 2.35. The molecule has 6 heteroatoms. The summed E-state index contributed by atoms with van der Waals surface area (Å²) < 4.78 is 16.1. The van der Waals surface area contributed by atoms with E-state index in [1.54, 1.807) is 12.1 Å². The van der Waals surface area contributed by atoms with Crippen molar-refractivity contribution in [1.82, 2.24) is 0 Å². The van der Waals surface area contributed by atoms with Gasteiger partial charge < -0.3 is 19.5 Å². The molecule has 0 bridgehead atoms. The van der Waals surface area contributed by atoms with Crippen molar-refractivity contribution < 1.29 is 23.8 Å². The van der Waals surface area contributed by atoms with Crippen LogP contribution in [0.1, 0.15) is 33.1 Å². The van der Waals surface area contributed by atoms with E-state index in [9.17, 15) is 9.59 Å². The van der Waals surface area contributed by atoms with Gasteiger partial charge >= 0.3 is 6.16 Å². The molecule has 23 heavy (non-hydrogen) atoms. The molecular weight excluding hydrogens is 298 g/mol. The first-order chi connectivity index (χ1) is 11.0. The van der Waals surface area contributed by atoms with Crippen LogP contribution in [0.5, 0.6) is 11.5 Å². The Kier molecular flexibility index (Phi) is 4.41. The number of anilines is 1. The van der Waals surface area contributed by atoms with E-state index in [2.05, 4.69) is 5.32 Å². The first-order valence-electron chi connectivity index (χ1n) is 7.95. The Hall–Kier alpha value is -2.24. The standard InChI is InChI=1S/C17H21NO5/c1-10(2)9-21-17(20)22-12-4-6-14-16(8-12)23-15-7-11(19)3-5-13(15)18-14/h4,6,8,10,13,15,18H,3,5,7,9H2,1-2H3. The fraction of sp³-hybridized carbons (Fsp3) is 0.529. The number of carbonyl (C=O) groups is 2. The van der Waals surface area contributed by atoms with Crippen molar-refractivity contribution in [2.24, 2.45) is 5.92 Å². The third kappa shape index (κ3) is 3.75. The Bertz CT molecular complexity index is 613. The molecule has 124 valence electrons. The maximum Gasteiger partial charge on any atom is 0.513 e. The summed E-state index contributed by atoms with van der Waals surface area (Å²) >= 11 is 0. The monoisotopic (exact) mass is 319 g/mol. The van der Waals surface area contributed by atoms with Crippen LogP contribution in [0.15, 0.2) is 18.2 Å². The molecule has 6 nitrogen and oxygen atoms in total. The molecular formula is C17H21NO5. The highest BCUT2D eigenvalue weighted by atomic mass is 16.7. The SMILES string of the molecule is CC(C)COC(=O)Oc1ccc2c(c1)OC1CC(=O)CCC1N2. The molecule has 1 N–H and O–H groups in total. The smallest absolute Gasteiger partial charge is 0.486 e. The van der Waals surface area contributed by atoms with E-state index in [0.717, 1.165) is 12.1 Å². The van der Waals surface area contributed by atoms with Crippen molar-refractivity contribution in [3.8, 4) is 11.5 Å². The summed E-state index contributed by atoms with van der Waals surface area (Å²) in [4.78, 5) is 23.2. The van der Waals surface area contributed by atoms with Crippen LogP contribution in [0.2, 0.25) is 0 Å². The van der Waals surface area contributed by atoms with Crippen LogP contribution in [0.25, 0.3) is 0 Å². The summed E-state index contributed by atoms with van der Waals surface area (Å²) in [5.41, 5.74) is 0.850. The summed E-state index contributed by atoms with van der Waals surface area (Å²) in [5, 5.41) is 3.39. The van der Waals surface area contributed by atoms with Gasteiger partial charge in [0, 0.05) is 18.9 Å². The largest absolute Gasteiger partial charge is 0.513 e. The maximum absolute atomic E-state index is 11.6. The molecule has 1 aliphatic heterocycles. The second kappa shape index (κ2) is 6.48. The lowest BCUT2D eigenvalue weighted by Gasteiger charge is -2.37. The predicted molar refractivity (Wildman–Crippen MR) is 83.9 cm³/mol. The van der Waals surface area contributed by atoms with E-state index >= 15 is 0 Å². The van der Waals surface area contributed by atoms with Gasteiger partial charge in [-0.15, -0.1) is 0 Å². The van der Waals surface area contributed by atoms with E-state index in [4.69, 9.17) is 14.2 Å². The van der Waals surface area contributed by atoms with Crippen LogP contribution >= 0.6 is 0 Å². The lowest BCUT2D eigenvalue weighted by atomic mass is 9.90. The summed E-state index contributed by atoms with van der Waals surface area (Å²) in [6, 6.07) is 5.31. The van der Waals surface area contributed by atoms with Gasteiger partial charge in [0.25, 0.3) is 0 Å². The van der Waals surface area contributed by atoms with E-state index in [1.807, 2.05) is 19.9 Å². The van der Waals surface area contributed by atoms with Crippen molar-refractivity contribution >= 4 is 17.6 Å². The van der Waals surface area contributed by atoms with Crippen LogP contribution in [0.3, 0.4) is 0 Å². The van der Waals surface area contributed by atoms with E-state index in [0.29, 0.717) is 30.9 Å². The zero-order chi connectivity index (χ0) is 16.4. The molecule has 0 radical (unpaired) electrons. The summed E-state index contributed by atoms with van der Waals surface area (Å²) in [6.07, 6.45) is 0.900. The molecule has 2 atom stereocenters. The Morgan fingerprint density at radius 1 is 1.43 bits per heavy atom. The quantitative estimate of drug-likeness (QED) is 0.681. The van der Waals surface area contributed by atoms with Crippen LogP contribution in [0.4, 0.5) is 10.5 Å². The molecule has 1 aliphatic carbocycles. The third-order valence-electron chi connectivity index (χ3n) is 3.92. The number of ether oxygens (including phenoxy) is 3. The maximum atomic E-state index is 11.6. The second-order valence-corrected chi connectivity index (χ2v) is 6.40. The molecule has 0 saturated heterocycles. The van der Waals surface area contributed by atoms with E-state index in [1.165, 1.54) is 0 Å². The summed E-state index contributed by atoms with van der Waals surface area (Å²) in [5.74, 6) is 1.43. The fourth-order valence-electron chi connectivity index (χ4n) is 2.77. The van der Waals surface area contributed by atoms with Gasteiger partial charge in [0.2, 0.25) is 0 Å². The molecule has 1 heterocycles. The molecule has 1 aromatic rings. The van der Waals surface area contributed by atoms with Gasteiger partial charge in [-0.05, 0) is 24.5 Å². The zero-order valence-electron chi connectivity index (χ0n) is 13.3. The number of Topliss-reactive ketones (excluding diaryl/α,β-unsaturated/α-hetero) is 1. The first-order valence-corrected chi connectivity index (χ1v) is 7.95. The lowest BCUT2D eigenvalue weighted by molar-refractivity contribution is -0.122. The second-order valence-electron chi connectivity index (χ2n) is 6.40. The average Bonchev–Trinajstić information content (AvgIpc) is 2.51. The number of fused-ring (bicyclic) bond motifs is 2. The molecule has 0 aromatic heterocycles. The van der Waals surface area contributed by atoms with Crippen molar-refractivity contribution in [2.45, 2.75) is 45.3 Å². The van der Waals surface area contributed by atoms with Crippen molar-refractivity contribution in [3.63, 3.8) is 0 Å². The highest BCUT2D eigenvalue weighted by molar-refractivity contribution is 5.80. The van der Waals surface area contributed by atoms with Crippen LogP contribution in [-0.4, -0.2) is 30.7 Å². The molecule has 1 saturated carbocycles.